The van der Waals surface area contributed by atoms with Gasteiger partial charge in [0.05, 0.1) is 0 Å². The first kappa shape index (κ1) is 15.8. The van der Waals surface area contributed by atoms with E-state index < -0.39 is 0 Å². The largest absolute Gasteiger partial charge is 0.303 e. The monoisotopic (exact) mass is 281 g/mol. The molecule has 0 spiro atoms. The van der Waals surface area contributed by atoms with Crippen LogP contribution in [0.1, 0.15) is 61.5 Å². The Bertz CT molecular complexity index is 539. The van der Waals surface area contributed by atoms with Gasteiger partial charge in [-0.05, 0) is 43.4 Å². The van der Waals surface area contributed by atoms with Crippen LogP contribution in [-0.2, 0) is 6.42 Å². The van der Waals surface area contributed by atoms with Crippen LogP contribution in [0.15, 0.2) is 48.5 Å². The molecule has 0 radical (unpaired) electrons. The second kappa shape index (κ2) is 7.42. The summed E-state index contributed by atoms with van der Waals surface area (Å²) in [5.74, 6) is 0. The summed E-state index contributed by atoms with van der Waals surface area (Å²) in [6.45, 7) is 8.82. The number of aryl methyl sites for hydroxylation is 2. The maximum atomic E-state index is 3.76. The predicted molar refractivity (Wildman–Crippen MR) is 91.6 cm³/mol. The molecule has 1 unspecified atom stereocenters. The maximum absolute atomic E-state index is 3.76. The fourth-order valence-corrected chi connectivity index (χ4v) is 2.69. The molecule has 2 aromatic rings. The Morgan fingerprint density at radius 3 is 1.95 bits per heavy atom. The zero-order chi connectivity index (χ0) is 15.2. The molecule has 1 heteroatoms. The normalized spacial score (nSPS) is 13.9. The van der Waals surface area contributed by atoms with E-state index in [-0.39, 0.29) is 0 Å². The summed E-state index contributed by atoms with van der Waals surface area (Å²) in [5.41, 5.74) is 5.45. The van der Waals surface area contributed by atoms with Crippen LogP contribution >= 0.6 is 0 Å². The molecule has 112 valence electrons. The smallest absolute Gasteiger partial charge is 0.0323 e. The highest BCUT2D eigenvalue weighted by atomic mass is 14.9. The molecule has 1 N–H and O–H groups in total. The van der Waals surface area contributed by atoms with Crippen molar-refractivity contribution in [2.45, 2.75) is 52.6 Å². The molecule has 0 saturated heterocycles. The van der Waals surface area contributed by atoms with Crippen molar-refractivity contribution >= 4 is 0 Å². The summed E-state index contributed by atoms with van der Waals surface area (Å²) in [4.78, 5) is 0. The molecule has 0 aromatic heterocycles. The van der Waals surface area contributed by atoms with Gasteiger partial charge in [0.25, 0.3) is 0 Å². The van der Waals surface area contributed by atoms with Crippen molar-refractivity contribution in [3.63, 3.8) is 0 Å². The van der Waals surface area contributed by atoms with Crippen LogP contribution in [0, 0.1) is 6.92 Å². The number of benzene rings is 2. The van der Waals surface area contributed by atoms with E-state index in [2.05, 4.69) is 81.5 Å². The topological polar surface area (TPSA) is 12.0 Å². The Morgan fingerprint density at radius 1 is 0.857 bits per heavy atom. The van der Waals surface area contributed by atoms with Crippen LogP contribution in [0.25, 0.3) is 0 Å². The third-order valence-electron chi connectivity index (χ3n) is 4.23. The van der Waals surface area contributed by atoms with E-state index in [0.29, 0.717) is 12.1 Å². The lowest BCUT2D eigenvalue weighted by Crippen LogP contribution is -2.24. The van der Waals surface area contributed by atoms with Gasteiger partial charge in [-0.1, -0.05) is 67.9 Å². The molecule has 2 atom stereocenters. The number of rotatable bonds is 6. The molecule has 0 amide bonds. The second-order valence-corrected chi connectivity index (χ2v) is 5.86. The maximum Gasteiger partial charge on any atom is 0.0323 e. The fraction of sp³-hybridized carbons (Fsp3) is 0.400. The molecular formula is C20H27N. The van der Waals surface area contributed by atoms with Gasteiger partial charge in [0.2, 0.25) is 0 Å². The van der Waals surface area contributed by atoms with E-state index in [1.165, 1.54) is 22.3 Å². The molecule has 0 aliphatic heterocycles. The van der Waals surface area contributed by atoms with Gasteiger partial charge in [0.1, 0.15) is 0 Å². The van der Waals surface area contributed by atoms with Gasteiger partial charge >= 0.3 is 0 Å². The molecule has 0 aliphatic rings. The summed E-state index contributed by atoms with van der Waals surface area (Å²) in [5, 5.41) is 3.76. The van der Waals surface area contributed by atoms with Crippen LogP contribution in [0.4, 0.5) is 0 Å². The molecule has 2 aromatic carbocycles. The molecule has 0 fully saturated rings. The van der Waals surface area contributed by atoms with Crippen LogP contribution < -0.4 is 5.32 Å². The highest BCUT2D eigenvalue weighted by Crippen LogP contribution is 2.23. The minimum atomic E-state index is 0.362. The standard InChI is InChI=1S/C20H27N/c1-5-17-9-13-19(14-10-17)20(6-2)21-16(4)18-11-7-15(3)8-12-18/h7-14,16,20-21H,5-6H2,1-4H3/t16-,20?/m0/s1. The van der Waals surface area contributed by atoms with Crippen molar-refractivity contribution in [1.82, 2.24) is 5.32 Å². The molecule has 0 aliphatic carbocycles. The molecule has 21 heavy (non-hydrogen) atoms. The van der Waals surface area contributed by atoms with Crippen LogP contribution in [0.5, 0.6) is 0 Å². The van der Waals surface area contributed by atoms with Gasteiger partial charge in [0.15, 0.2) is 0 Å². The number of nitrogens with one attached hydrogen (secondary N) is 1. The zero-order valence-electron chi connectivity index (χ0n) is 13.7. The first-order chi connectivity index (χ1) is 10.1. The van der Waals surface area contributed by atoms with E-state index in [4.69, 9.17) is 0 Å². The lowest BCUT2D eigenvalue weighted by molar-refractivity contribution is 0.456. The third kappa shape index (κ3) is 4.18. The van der Waals surface area contributed by atoms with Gasteiger partial charge in [-0.25, -0.2) is 0 Å². The summed E-state index contributed by atoms with van der Waals surface area (Å²) in [6, 6.07) is 18.6. The van der Waals surface area contributed by atoms with E-state index in [0.717, 1.165) is 12.8 Å². The molecule has 0 saturated carbocycles. The lowest BCUT2D eigenvalue weighted by atomic mass is 9.99. The van der Waals surface area contributed by atoms with E-state index in [1.807, 2.05) is 0 Å². The predicted octanol–water partition coefficient (Wildman–Crippen LogP) is 5.36. The van der Waals surface area contributed by atoms with Crippen molar-refractivity contribution in [3.05, 3.63) is 70.8 Å². The quantitative estimate of drug-likeness (QED) is 0.751. The average Bonchev–Trinajstić information content (AvgIpc) is 2.53. The van der Waals surface area contributed by atoms with Crippen molar-refractivity contribution < 1.29 is 0 Å². The highest BCUT2D eigenvalue weighted by Gasteiger charge is 2.13. The van der Waals surface area contributed by atoms with Crippen LogP contribution in [-0.4, -0.2) is 0 Å². The Kier molecular flexibility index (Phi) is 5.58. The Labute approximate surface area is 129 Å². The lowest BCUT2D eigenvalue weighted by Gasteiger charge is -2.23. The second-order valence-electron chi connectivity index (χ2n) is 5.86. The molecule has 0 heterocycles. The minimum Gasteiger partial charge on any atom is -0.303 e. The minimum absolute atomic E-state index is 0.362. The van der Waals surface area contributed by atoms with E-state index in [1.54, 1.807) is 0 Å². The van der Waals surface area contributed by atoms with Gasteiger partial charge in [0, 0.05) is 12.1 Å². The summed E-state index contributed by atoms with van der Waals surface area (Å²) < 4.78 is 0. The number of hydrogen-bond donors (Lipinski definition) is 1. The summed E-state index contributed by atoms with van der Waals surface area (Å²) in [6.07, 6.45) is 2.20. The first-order valence-corrected chi connectivity index (χ1v) is 8.05. The van der Waals surface area contributed by atoms with Gasteiger partial charge < -0.3 is 5.32 Å². The fourth-order valence-electron chi connectivity index (χ4n) is 2.69. The van der Waals surface area contributed by atoms with Crippen molar-refractivity contribution in [2.24, 2.45) is 0 Å². The van der Waals surface area contributed by atoms with Gasteiger partial charge in [-0.2, -0.15) is 0 Å². The van der Waals surface area contributed by atoms with Gasteiger partial charge in [-0.3, -0.25) is 0 Å². The van der Waals surface area contributed by atoms with Crippen LogP contribution in [0.2, 0.25) is 0 Å². The van der Waals surface area contributed by atoms with E-state index in [9.17, 15) is 0 Å². The first-order valence-electron chi connectivity index (χ1n) is 8.05. The van der Waals surface area contributed by atoms with Gasteiger partial charge in [-0.15, -0.1) is 0 Å². The van der Waals surface area contributed by atoms with Crippen LogP contribution in [0.3, 0.4) is 0 Å². The SMILES string of the molecule is CCc1ccc(C(CC)N[C@@H](C)c2ccc(C)cc2)cc1. The Morgan fingerprint density at radius 2 is 1.43 bits per heavy atom. The highest BCUT2D eigenvalue weighted by molar-refractivity contribution is 5.27. The molecule has 2 rings (SSSR count). The Hall–Kier alpha value is -1.60. The van der Waals surface area contributed by atoms with E-state index >= 15 is 0 Å². The van der Waals surface area contributed by atoms with Crippen molar-refractivity contribution in [1.29, 1.82) is 0 Å². The number of hydrogen-bond acceptors (Lipinski definition) is 1. The molecular weight excluding hydrogens is 254 g/mol. The summed E-state index contributed by atoms with van der Waals surface area (Å²) >= 11 is 0. The molecule has 1 nitrogen and oxygen atoms in total. The zero-order valence-corrected chi connectivity index (χ0v) is 13.7. The Balaban J connectivity index is 2.08. The van der Waals surface area contributed by atoms with Crippen molar-refractivity contribution in [3.8, 4) is 0 Å². The molecule has 0 bridgehead atoms. The average molecular weight is 281 g/mol. The summed E-state index contributed by atoms with van der Waals surface area (Å²) in [7, 11) is 0. The third-order valence-corrected chi connectivity index (χ3v) is 4.23. The van der Waals surface area contributed by atoms with Crippen molar-refractivity contribution in [2.75, 3.05) is 0 Å².